The van der Waals surface area contributed by atoms with Crippen LogP contribution in [0.25, 0.3) is 0 Å². The number of likely N-dealkylation sites (N-methyl/N-ethyl adjacent to an activating group) is 1. The molecule has 0 aliphatic carbocycles. The Balaban J connectivity index is 0.000000430. The number of aromatic nitrogens is 1. The first-order valence-corrected chi connectivity index (χ1v) is 16.1. The van der Waals surface area contributed by atoms with Gasteiger partial charge in [0.05, 0.1) is 22.9 Å². The number of hydrogen-bond donors (Lipinski definition) is 1. The quantitative estimate of drug-likeness (QED) is 0.186. The summed E-state index contributed by atoms with van der Waals surface area (Å²) in [6.07, 6.45) is 9.41. The van der Waals surface area contributed by atoms with E-state index < -0.39 is 29.5 Å². The molecule has 10 heteroatoms. The Bertz CT molecular complexity index is 1230. The van der Waals surface area contributed by atoms with Gasteiger partial charge in [0.1, 0.15) is 0 Å². The van der Waals surface area contributed by atoms with Gasteiger partial charge in [0.2, 0.25) is 0 Å². The van der Waals surface area contributed by atoms with Crippen LogP contribution in [0, 0.1) is 6.92 Å². The van der Waals surface area contributed by atoms with Crippen molar-refractivity contribution < 1.29 is 26.3 Å². The molecule has 1 aromatic carbocycles. The highest BCUT2D eigenvalue weighted by atomic mass is 19.4. The van der Waals surface area contributed by atoms with E-state index in [1.54, 1.807) is 11.8 Å². The van der Waals surface area contributed by atoms with E-state index in [0.29, 0.717) is 17.8 Å². The van der Waals surface area contributed by atoms with Gasteiger partial charge in [-0.15, -0.1) is 0 Å². The first-order chi connectivity index (χ1) is 21.4. The van der Waals surface area contributed by atoms with Crippen LogP contribution < -0.4 is 5.73 Å². The molecular formula is C35H48F6N4. The zero-order chi connectivity index (χ0) is 33.0. The second-order valence-corrected chi connectivity index (χ2v) is 12.0. The van der Waals surface area contributed by atoms with E-state index in [2.05, 4.69) is 16.8 Å². The number of hydrogen-bond acceptors (Lipinski definition) is 4. The predicted molar refractivity (Wildman–Crippen MR) is 169 cm³/mol. The number of halogens is 6. The molecule has 0 saturated carbocycles. The molecule has 1 saturated heterocycles. The average Bonchev–Trinajstić information content (AvgIpc) is 3.42. The molecule has 3 heterocycles. The summed E-state index contributed by atoms with van der Waals surface area (Å²) in [6.45, 7) is 5.95. The molecule has 1 aromatic heterocycles. The van der Waals surface area contributed by atoms with Crippen molar-refractivity contribution in [2.45, 2.75) is 102 Å². The molecule has 2 aliphatic heterocycles. The minimum absolute atomic E-state index is 0.139. The van der Waals surface area contributed by atoms with E-state index in [4.69, 9.17) is 5.73 Å². The Morgan fingerprint density at radius 2 is 1.53 bits per heavy atom. The first-order valence-electron chi connectivity index (χ1n) is 16.1. The molecule has 0 radical (unpaired) electrons. The van der Waals surface area contributed by atoms with Crippen LogP contribution in [0.1, 0.15) is 105 Å². The second-order valence-electron chi connectivity index (χ2n) is 12.0. The van der Waals surface area contributed by atoms with Crippen molar-refractivity contribution >= 4 is 0 Å². The Morgan fingerprint density at radius 1 is 0.889 bits per heavy atom. The fraction of sp³-hybridized carbons (Fsp3) is 0.571. The zero-order valence-electron chi connectivity index (χ0n) is 26.7. The van der Waals surface area contributed by atoms with Crippen LogP contribution in [0.15, 0.2) is 60.3 Å². The molecule has 0 bridgehead atoms. The van der Waals surface area contributed by atoms with Gasteiger partial charge in [-0.3, -0.25) is 9.88 Å². The van der Waals surface area contributed by atoms with Crippen molar-refractivity contribution in [1.29, 1.82) is 0 Å². The van der Waals surface area contributed by atoms with E-state index in [9.17, 15) is 26.3 Å². The number of nitrogens with two attached hydrogens (primary N) is 1. The summed E-state index contributed by atoms with van der Waals surface area (Å²) in [4.78, 5) is 8.18. The highest BCUT2D eigenvalue weighted by Gasteiger charge is 2.39. The SMILES string of the molecule is CCCCCCCCCCN.Cc1ccc(C(F)(F)F)c(C(c2ccc(C(F)(F)F)cc2)N2C=C([C@@H]3CCCN3C)C=CC2)n1. The minimum Gasteiger partial charge on any atom is -0.361 e. The number of unbranched alkanes of at least 4 members (excludes halogenated alkanes) is 7. The van der Waals surface area contributed by atoms with Crippen molar-refractivity contribution in [2.24, 2.45) is 5.73 Å². The maximum absolute atomic E-state index is 14.0. The van der Waals surface area contributed by atoms with E-state index in [0.717, 1.165) is 49.7 Å². The fourth-order valence-corrected chi connectivity index (χ4v) is 5.97. The van der Waals surface area contributed by atoms with Gasteiger partial charge in [0.15, 0.2) is 0 Å². The molecule has 4 nitrogen and oxygen atoms in total. The van der Waals surface area contributed by atoms with Gasteiger partial charge in [0.25, 0.3) is 0 Å². The number of benzene rings is 1. The van der Waals surface area contributed by atoms with E-state index in [1.165, 1.54) is 69.6 Å². The van der Waals surface area contributed by atoms with Gasteiger partial charge in [0, 0.05) is 24.5 Å². The smallest absolute Gasteiger partial charge is 0.361 e. The molecule has 2 aliphatic rings. The Labute approximate surface area is 264 Å². The molecule has 2 atom stereocenters. The van der Waals surface area contributed by atoms with Crippen LogP contribution in [0.2, 0.25) is 0 Å². The van der Waals surface area contributed by atoms with E-state index >= 15 is 0 Å². The van der Waals surface area contributed by atoms with Crippen LogP contribution in [-0.4, -0.2) is 47.5 Å². The molecule has 250 valence electrons. The molecular weight excluding hydrogens is 590 g/mol. The second kappa shape index (κ2) is 17.2. The number of nitrogens with zero attached hydrogens (tertiary/aromatic N) is 3. The highest BCUT2D eigenvalue weighted by molar-refractivity contribution is 5.40. The summed E-state index contributed by atoms with van der Waals surface area (Å²) >= 11 is 0. The van der Waals surface area contributed by atoms with Gasteiger partial charge >= 0.3 is 12.4 Å². The van der Waals surface area contributed by atoms with Crippen molar-refractivity contribution in [3.63, 3.8) is 0 Å². The third-order valence-corrected chi connectivity index (χ3v) is 8.42. The summed E-state index contributed by atoms with van der Waals surface area (Å²) < 4.78 is 81.3. The number of likely N-dealkylation sites (tertiary alicyclic amines) is 1. The summed E-state index contributed by atoms with van der Waals surface area (Å²) in [5.41, 5.74) is 5.08. The summed E-state index contributed by atoms with van der Waals surface area (Å²) in [5.74, 6) is 0. The van der Waals surface area contributed by atoms with Crippen molar-refractivity contribution in [3.8, 4) is 0 Å². The van der Waals surface area contributed by atoms with Crippen LogP contribution in [0.5, 0.6) is 0 Å². The molecule has 2 N–H and O–H groups in total. The van der Waals surface area contributed by atoms with Crippen LogP contribution in [-0.2, 0) is 12.4 Å². The van der Waals surface area contributed by atoms with Crippen molar-refractivity contribution in [2.75, 3.05) is 26.7 Å². The Kier molecular flexibility index (Phi) is 14.0. The Morgan fingerprint density at radius 3 is 2.09 bits per heavy atom. The minimum atomic E-state index is -4.66. The molecule has 2 aromatic rings. The van der Waals surface area contributed by atoms with Crippen LogP contribution >= 0.6 is 0 Å². The fourth-order valence-electron chi connectivity index (χ4n) is 5.97. The average molecular weight is 639 g/mol. The molecule has 4 rings (SSSR count). The lowest BCUT2D eigenvalue weighted by Crippen LogP contribution is -2.33. The molecule has 45 heavy (non-hydrogen) atoms. The summed E-state index contributed by atoms with van der Waals surface area (Å²) in [7, 11) is 2.00. The maximum atomic E-state index is 14.0. The largest absolute Gasteiger partial charge is 0.418 e. The van der Waals surface area contributed by atoms with Crippen molar-refractivity contribution in [3.05, 3.63) is 88.4 Å². The monoisotopic (exact) mass is 638 g/mol. The van der Waals surface area contributed by atoms with Gasteiger partial charge in [-0.05, 0) is 81.7 Å². The molecule has 1 fully saturated rings. The number of rotatable bonds is 12. The number of pyridine rings is 1. The lowest BCUT2D eigenvalue weighted by atomic mass is 9.94. The normalized spacial score (nSPS) is 18.0. The van der Waals surface area contributed by atoms with Gasteiger partial charge in [-0.2, -0.15) is 26.3 Å². The first kappa shape index (κ1) is 36.6. The highest BCUT2D eigenvalue weighted by Crippen LogP contribution is 2.40. The maximum Gasteiger partial charge on any atom is 0.418 e. The lowest BCUT2D eigenvalue weighted by Gasteiger charge is -2.35. The van der Waals surface area contributed by atoms with Crippen LogP contribution in [0.3, 0.4) is 0 Å². The molecule has 0 spiro atoms. The zero-order valence-corrected chi connectivity index (χ0v) is 26.7. The Hall–Kier alpha value is -2.85. The predicted octanol–water partition coefficient (Wildman–Crippen LogP) is 9.45. The van der Waals surface area contributed by atoms with E-state index in [-0.39, 0.29) is 11.7 Å². The van der Waals surface area contributed by atoms with Gasteiger partial charge < -0.3 is 10.6 Å². The van der Waals surface area contributed by atoms with Crippen LogP contribution in [0.4, 0.5) is 26.3 Å². The van der Waals surface area contributed by atoms with Crippen molar-refractivity contribution in [1.82, 2.24) is 14.8 Å². The third-order valence-electron chi connectivity index (χ3n) is 8.42. The van der Waals surface area contributed by atoms with E-state index in [1.807, 2.05) is 25.4 Å². The number of alkyl halides is 6. The van der Waals surface area contributed by atoms with Gasteiger partial charge in [-0.1, -0.05) is 76.2 Å². The molecule has 1 unspecified atom stereocenters. The third kappa shape index (κ3) is 10.9. The topological polar surface area (TPSA) is 45.4 Å². The lowest BCUT2D eigenvalue weighted by molar-refractivity contribution is -0.139. The summed E-state index contributed by atoms with van der Waals surface area (Å²) in [6, 6.07) is 5.70. The summed E-state index contributed by atoms with van der Waals surface area (Å²) in [5, 5.41) is 0. The van der Waals surface area contributed by atoms with Gasteiger partial charge in [-0.25, -0.2) is 0 Å². The molecule has 0 amide bonds. The number of aryl methyl sites for hydroxylation is 1. The standard InChI is InChI=1S/C25H25F6N3.C10H23N/c1-16-7-12-20(25(29,30)31)22(32-16)23(17-8-10-19(11-9-17)24(26,27)28)34-14-3-5-18(15-34)21-6-4-13-33(21)2;1-2-3-4-5-6-7-8-9-10-11/h3,5,7-12,15,21,23H,4,6,13-14H2,1-2H3;2-11H2,1H3/t21-,23?;/m0./s1.